The molecule has 2 aromatic heterocycles. The van der Waals surface area contributed by atoms with Gasteiger partial charge in [-0.05, 0) is 31.2 Å². The standard InChI is InChI=1S/C14H15N3OS/c1-10-7-16-13(8-15-10)14(18)17(11-4-5-11)9-12-3-2-6-19-12/h2-3,6-8,11H,4-5,9H2,1H3. The molecule has 0 radical (unpaired) electrons. The molecule has 1 saturated carbocycles. The molecule has 1 aliphatic rings. The molecule has 19 heavy (non-hydrogen) atoms. The van der Waals surface area contributed by atoms with Gasteiger partial charge >= 0.3 is 0 Å². The van der Waals surface area contributed by atoms with Gasteiger partial charge in [0.25, 0.3) is 5.91 Å². The van der Waals surface area contributed by atoms with Crippen LogP contribution in [0.25, 0.3) is 0 Å². The fourth-order valence-corrected chi connectivity index (χ4v) is 2.68. The van der Waals surface area contributed by atoms with Crippen molar-refractivity contribution in [2.75, 3.05) is 0 Å². The van der Waals surface area contributed by atoms with E-state index < -0.39 is 0 Å². The third kappa shape index (κ3) is 2.81. The van der Waals surface area contributed by atoms with E-state index in [1.165, 1.54) is 4.88 Å². The van der Waals surface area contributed by atoms with E-state index in [1.54, 1.807) is 23.7 Å². The van der Waals surface area contributed by atoms with E-state index in [9.17, 15) is 4.79 Å². The summed E-state index contributed by atoms with van der Waals surface area (Å²) in [4.78, 5) is 24.0. The van der Waals surface area contributed by atoms with Crippen LogP contribution in [0.3, 0.4) is 0 Å². The number of nitrogens with zero attached hydrogens (tertiary/aromatic N) is 3. The minimum absolute atomic E-state index is 0.0107. The molecule has 1 fully saturated rings. The van der Waals surface area contributed by atoms with Gasteiger partial charge in [0.05, 0.1) is 18.4 Å². The number of hydrogen-bond donors (Lipinski definition) is 0. The van der Waals surface area contributed by atoms with E-state index in [0.717, 1.165) is 18.5 Å². The number of aryl methyl sites for hydroxylation is 1. The zero-order valence-electron chi connectivity index (χ0n) is 10.7. The largest absolute Gasteiger partial charge is 0.329 e. The lowest BCUT2D eigenvalue weighted by Gasteiger charge is -2.21. The molecule has 0 spiro atoms. The first-order chi connectivity index (χ1) is 9.24. The maximum absolute atomic E-state index is 12.5. The Morgan fingerprint density at radius 2 is 2.26 bits per heavy atom. The van der Waals surface area contributed by atoms with Gasteiger partial charge < -0.3 is 4.90 Å². The minimum Gasteiger partial charge on any atom is -0.329 e. The predicted molar refractivity (Wildman–Crippen MR) is 74.0 cm³/mol. The Labute approximate surface area is 116 Å². The van der Waals surface area contributed by atoms with Crippen LogP contribution in [0.5, 0.6) is 0 Å². The Hall–Kier alpha value is -1.75. The number of carbonyl (C=O) groups is 1. The molecule has 1 aliphatic carbocycles. The number of amides is 1. The highest BCUT2D eigenvalue weighted by Gasteiger charge is 2.33. The molecule has 0 aliphatic heterocycles. The van der Waals surface area contributed by atoms with Crippen LogP contribution in [-0.4, -0.2) is 26.8 Å². The first-order valence-corrected chi connectivity index (χ1v) is 7.24. The molecule has 4 nitrogen and oxygen atoms in total. The molecule has 2 heterocycles. The molecule has 98 valence electrons. The third-order valence-corrected chi connectivity index (χ3v) is 4.02. The molecule has 0 saturated heterocycles. The zero-order valence-corrected chi connectivity index (χ0v) is 11.6. The van der Waals surface area contributed by atoms with Crippen molar-refractivity contribution in [2.45, 2.75) is 32.4 Å². The lowest BCUT2D eigenvalue weighted by atomic mass is 10.3. The van der Waals surface area contributed by atoms with Crippen LogP contribution in [0, 0.1) is 6.92 Å². The molecule has 1 amide bonds. The summed E-state index contributed by atoms with van der Waals surface area (Å²) in [6.07, 6.45) is 5.40. The number of aromatic nitrogens is 2. The van der Waals surface area contributed by atoms with Crippen LogP contribution in [0.15, 0.2) is 29.9 Å². The van der Waals surface area contributed by atoms with Gasteiger partial charge in [-0.15, -0.1) is 11.3 Å². The Morgan fingerprint density at radius 3 is 2.84 bits per heavy atom. The Bertz CT molecular complexity index is 561. The minimum atomic E-state index is -0.0107. The summed E-state index contributed by atoms with van der Waals surface area (Å²) in [5.41, 5.74) is 1.27. The highest BCUT2D eigenvalue weighted by atomic mass is 32.1. The normalized spacial score (nSPS) is 14.4. The van der Waals surface area contributed by atoms with E-state index in [-0.39, 0.29) is 5.91 Å². The average molecular weight is 273 g/mol. The van der Waals surface area contributed by atoms with Crippen LogP contribution in [0.1, 0.15) is 33.9 Å². The number of rotatable bonds is 4. The van der Waals surface area contributed by atoms with Gasteiger partial charge in [-0.2, -0.15) is 0 Å². The van der Waals surface area contributed by atoms with E-state index >= 15 is 0 Å². The van der Waals surface area contributed by atoms with Crippen molar-refractivity contribution in [3.63, 3.8) is 0 Å². The van der Waals surface area contributed by atoms with Crippen molar-refractivity contribution in [3.8, 4) is 0 Å². The number of hydrogen-bond acceptors (Lipinski definition) is 4. The van der Waals surface area contributed by atoms with Crippen molar-refractivity contribution >= 4 is 17.2 Å². The molecule has 0 aromatic carbocycles. The lowest BCUT2D eigenvalue weighted by molar-refractivity contribution is 0.0725. The van der Waals surface area contributed by atoms with Gasteiger partial charge in [0, 0.05) is 17.1 Å². The van der Waals surface area contributed by atoms with E-state index in [0.29, 0.717) is 18.3 Å². The Kier molecular flexibility index (Phi) is 3.29. The zero-order chi connectivity index (χ0) is 13.2. The molecule has 3 rings (SSSR count). The second-order valence-corrected chi connectivity index (χ2v) is 5.82. The topological polar surface area (TPSA) is 46.1 Å². The third-order valence-electron chi connectivity index (χ3n) is 3.15. The summed E-state index contributed by atoms with van der Waals surface area (Å²) in [7, 11) is 0. The molecular weight excluding hydrogens is 258 g/mol. The summed E-state index contributed by atoms with van der Waals surface area (Å²) < 4.78 is 0. The maximum Gasteiger partial charge on any atom is 0.274 e. The highest BCUT2D eigenvalue weighted by Crippen LogP contribution is 2.30. The molecule has 0 bridgehead atoms. The summed E-state index contributed by atoms with van der Waals surface area (Å²) in [6, 6.07) is 4.45. The van der Waals surface area contributed by atoms with Crippen molar-refractivity contribution in [1.82, 2.24) is 14.9 Å². The SMILES string of the molecule is Cc1cnc(C(=O)N(Cc2cccs2)C2CC2)cn1. The average Bonchev–Trinajstić information content (AvgIpc) is 3.13. The monoisotopic (exact) mass is 273 g/mol. The van der Waals surface area contributed by atoms with Gasteiger partial charge in [0.2, 0.25) is 0 Å². The van der Waals surface area contributed by atoms with Crippen molar-refractivity contribution in [2.24, 2.45) is 0 Å². The van der Waals surface area contributed by atoms with Crippen LogP contribution in [-0.2, 0) is 6.54 Å². The summed E-state index contributed by atoms with van der Waals surface area (Å²) in [6.45, 7) is 2.54. The van der Waals surface area contributed by atoms with Crippen LogP contribution in [0.4, 0.5) is 0 Å². The molecule has 5 heteroatoms. The molecule has 0 N–H and O–H groups in total. The number of thiophene rings is 1. The quantitative estimate of drug-likeness (QED) is 0.860. The summed E-state index contributed by atoms with van der Waals surface area (Å²) >= 11 is 1.68. The van der Waals surface area contributed by atoms with Crippen LogP contribution >= 0.6 is 11.3 Å². The summed E-state index contributed by atoms with van der Waals surface area (Å²) in [5.74, 6) is -0.0107. The van der Waals surface area contributed by atoms with Gasteiger partial charge in [-0.1, -0.05) is 6.07 Å². The fourth-order valence-electron chi connectivity index (χ4n) is 1.97. The first kappa shape index (κ1) is 12.3. The maximum atomic E-state index is 12.5. The second-order valence-electron chi connectivity index (χ2n) is 4.79. The second kappa shape index (κ2) is 5.09. The Morgan fingerprint density at radius 1 is 1.42 bits per heavy atom. The van der Waals surface area contributed by atoms with E-state index in [2.05, 4.69) is 16.0 Å². The molecule has 0 atom stereocenters. The smallest absolute Gasteiger partial charge is 0.274 e. The Balaban J connectivity index is 1.79. The van der Waals surface area contributed by atoms with Gasteiger partial charge in [-0.25, -0.2) is 4.98 Å². The van der Waals surface area contributed by atoms with E-state index in [1.807, 2.05) is 23.3 Å². The van der Waals surface area contributed by atoms with Crippen molar-refractivity contribution in [1.29, 1.82) is 0 Å². The molecular formula is C14H15N3OS. The van der Waals surface area contributed by atoms with Crippen molar-refractivity contribution in [3.05, 3.63) is 46.2 Å². The van der Waals surface area contributed by atoms with Crippen LogP contribution in [0.2, 0.25) is 0 Å². The van der Waals surface area contributed by atoms with Gasteiger partial charge in [0.1, 0.15) is 5.69 Å². The van der Waals surface area contributed by atoms with Gasteiger partial charge in [-0.3, -0.25) is 9.78 Å². The lowest BCUT2D eigenvalue weighted by Crippen LogP contribution is -2.33. The number of carbonyl (C=O) groups excluding carboxylic acids is 1. The van der Waals surface area contributed by atoms with Gasteiger partial charge in [0.15, 0.2) is 0 Å². The van der Waals surface area contributed by atoms with Crippen LogP contribution < -0.4 is 0 Å². The first-order valence-electron chi connectivity index (χ1n) is 6.36. The molecule has 2 aromatic rings. The molecule has 0 unspecified atom stereocenters. The highest BCUT2D eigenvalue weighted by molar-refractivity contribution is 7.09. The summed E-state index contributed by atoms with van der Waals surface area (Å²) in [5, 5.41) is 2.04. The predicted octanol–water partition coefficient (Wildman–Crippen LogP) is 2.65. The fraction of sp³-hybridized carbons (Fsp3) is 0.357. The van der Waals surface area contributed by atoms with Crippen molar-refractivity contribution < 1.29 is 4.79 Å². The van der Waals surface area contributed by atoms with E-state index in [4.69, 9.17) is 0 Å².